The molecule has 0 aromatic carbocycles. The van der Waals surface area contributed by atoms with Crippen LogP contribution in [0.2, 0.25) is 0 Å². The maximum Gasteiger partial charge on any atom is 0.453 e. The van der Waals surface area contributed by atoms with Crippen molar-refractivity contribution in [3.8, 4) is 0 Å². The first kappa shape index (κ1) is 23.6. The van der Waals surface area contributed by atoms with Gasteiger partial charge in [0.25, 0.3) is 0 Å². The van der Waals surface area contributed by atoms with Crippen molar-refractivity contribution in [2.45, 2.75) is 108 Å². The largest absolute Gasteiger partial charge is 0.453 e. The Balaban J connectivity index is 1.77. The average molecular weight is 388 g/mol. The molecule has 0 aliphatic carbocycles. The molecule has 0 aromatic rings. The Morgan fingerprint density at radius 2 is 1.23 bits per heavy atom. The molecule has 1 atom stereocenters. The van der Waals surface area contributed by atoms with Gasteiger partial charge in [-0.15, -0.1) is 0 Å². The molecule has 1 heterocycles. The minimum Gasteiger partial charge on any atom is -0.353 e. The van der Waals surface area contributed by atoms with Crippen LogP contribution in [0.5, 0.6) is 0 Å². The molecular formula is C19H33F5O2. The lowest BCUT2D eigenvalue weighted by Crippen LogP contribution is -2.36. The molecule has 0 aromatic heterocycles. The van der Waals surface area contributed by atoms with Gasteiger partial charge in [-0.1, -0.05) is 57.8 Å². The molecule has 0 bridgehead atoms. The van der Waals surface area contributed by atoms with E-state index in [9.17, 15) is 22.0 Å². The summed E-state index contributed by atoms with van der Waals surface area (Å²) in [7, 11) is 0. The van der Waals surface area contributed by atoms with E-state index in [0.29, 0.717) is 6.42 Å². The zero-order valence-electron chi connectivity index (χ0n) is 15.6. The number of hydrogen-bond donors (Lipinski definition) is 0. The zero-order chi connectivity index (χ0) is 19.3. The second kappa shape index (κ2) is 12.9. The van der Waals surface area contributed by atoms with E-state index < -0.39 is 18.5 Å². The topological polar surface area (TPSA) is 18.5 Å². The quantitative estimate of drug-likeness (QED) is 0.222. The Morgan fingerprint density at radius 3 is 1.69 bits per heavy atom. The molecule has 0 radical (unpaired) electrons. The molecule has 26 heavy (non-hydrogen) atoms. The number of unbranched alkanes of at least 4 members (excludes halogenated alkanes) is 10. The van der Waals surface area contributed by atoms with Crippen molar-refractivity contribution in [3.05, 3.63) is 0 Å². The van der Waals surface area contributed by atoms with Crippen LogP contribution < -0.4 is 0 Å². The molecule has 1 saturated heterocycles. The fourth-order valence-electron chi connectivity index (χ4n) is 3.08. The van der Waals surface area contributed by atoms with Crippen LogP contribution in [0.15, 0.2) is 0 Å². The van der Waals surface area contributed by atoms with Gasteiger partial charge in [-0.25, -0.2) is 0 Å². The standard InChI is InChI=1S/C19H33F5O2/c20-18(21,19(22,23)24)14-10-8-6-4-2-1-3-5-7-9-11-15-25-17-13-12-16-26-17/h17H,1-16H2. The Labute approximate surface area is 153 Å². The highest BCUT2D eigenvalue weighted by molar-refractivity contribution is 4.75. The van der Waals surface area contributed by atoms with E-state index >= 15 is 0 Å². The zero-order valence-corrected chi connectivity index (χ0v) is 15.6. The van der Waals surface area contributed by atoms with E-state index in [1.54, 1.807) is 0 Å². The summed E-state index contributed by atoms with van der Waals surface area (Å²) >= 11 is 0. The van der Waals surface area contributed by atoms with Gasteiger partial charge in [0, 0.05) is 26.1 Å². The van der Waals surface area contributed by atoms with Crippen LogP contribution in [-0.4, -0.2) is 31.6 Å². The average Bonchev–Trinajstić information content (AvgIpc) is 3.07. The summed E-state index contributed by atoms with van der Waals surface area (Å²) in [5.41, 5.74) is 0. The second-order valence-electron chi connectivity index (χ2n) is 7.15. The van der Waals surface area contributed by atoms with Gasteiger partial charge in [-0.2, -0.15) is 22.0 Å². The van der Waals surface area contributed by atoms with Crippen molar-refractivity contribution in [3.63, 3.8) is 0 Å². The highest BCUT2D eigenvalue weighted by Gasteiger charge is 2.56. The fourth-order valence-corrected chi connectivity index (χ4v) is 3.08. The monoisotopic (exact) mass is 388 g/mol. The van der Waals surface area contributed by atoms with Crippen molar-refractivity contribution in [2.24, 2.45) is 0 Å². The van der Waals surface area contributed by atoms with Crippen LogP contribution in [0.1, 0.15) is 89.9 Å². The summed E-state index contributed by atoms with van der Waals surface area (Å²) in [4.78, 5) is 0. The van der Waals surface area contributed by atoms with Gasteiger partial charge >= 0.3 is 12.1 Å². The van der Waals surface area contributed by atoms with Crippen LogP contribution in [0.4, 0.5) is 22.0 Å². The number of hydrogen-bond acceptors (Lipinski definition) is 2. The highest BCUT2D eigenvalue weighted by atomic mass is 19.4. The molecule has 2 nitrogen and oxygen atoms in total. The highest BCUT2D eigenvalue weighted by Crippen LogP contribution is 2.39. The third-order valence-corrected chi connectivity index (χ3v) is 4.74. The molecule has 1 aliphatic heterocycles. The summed E-state index contributed by atoms with van der Waals surface area (Å²) < 4.78 is 72.3. The predicted molar refractivity (Wildman–Crippen MR) is 91.3 cm³/mol. The third-order valence-electron chi connectivity index (χ3n) is 4.74. The number of alkyl halides is 5. The lowest BCUT2D eigenvalue weighted by Gasteiger charge is -2.19. The van der Waals surface area contributed by atoms with Gasteiger partial charge in [0.05, 0.1) is 0 Å². The van der Waals surface area contributed by atoms with E-state index in [1.807, 2.05) is 0 Å². The van der Waals surface area contributed by atoms with Crippen LogP contribution in [0.25, 0.3) is 0 Å². The van der Waals surface area contributed by atoms with E-state index in [1.165, 1.54) is 12.8 Å². The molecule has 1 rings (SSSR count). The van der Waals surface area contributed by atoms with Gasteiger partial charge < -0.3 is 9.47 Å². The summed E-state index contributed by atoms with van der Waals surface area (Å²) in [5.74, 6) is -4.54. The molecule has 1 fully saturated rings. The SMILES string of the molecule is FC(F)(F)C(F)(F)CCCCCCCCCCCCCOC1CCCO1. The van der Waals surface area contributed by atoms with Crippen LogP contribution in [0.3, 0.4) is 0 Å². The van der Waals surface area contributed by atoms with Gasteiger partial charge in [0.15, 0.2) is 6.29 Å². The molecule has 1 unspecified atom stereocenters. The Hall–Kier alpha value is -0.430. The molecule has 7 heteroatoms. The summed E-state index contributed by atoms with van der Waals surface area (Å²) in [6.45, 7) is 1.57. The van der Waals surface area contributed by atoms with Crippen molar-refractivity contribution in [1.29, 1.82) is 0 Å². The Kier molecular flexibility index (Phi) is 11.7. The van der Waals surface area contributed by atoms with Crippen molar-refractivity contribution >= 4 is 0 Å². The molecule has 156 valence electrons. The van der Waals surface area contributed by atoms with E-state index in [-0.39, 0.29) is 12.7 Å². The molecule has 0 amide bonds. The van der Waals surface area contributed by atoms with E-state index in [4.69, 9.17) is 9.47 Å². The number of ether oxygens (including phenoxy) is 2. The van der Waals surface area contributed by atoms with Gasteiger partial charge in [-0.05, 0) is 19.3 Å². The third kappa shape index (κ3) is 10.7. The van der Waals surface area contributed by atoms with Gasteiger partial charge in [-0.3, -0.25) is 0 Å². The Morgan fingerprint density at radius 1 is 0.731 bits per heavy atom. The van der Waals surface area contributed by atoms with Gasteiger partial charge in [0.1, 0.15) is 0 Å². The van der Waals surface area contributed by atoms with Crippen molar-refractivity contribution in [2.75, 3.05) is 13.2 Å². The lowest BCUT2D eigenvalue weighted by molar-refractivity contribution is -0.284. The maximum atomic E-state index is 12.7. The van der Waals surface area contributed by atoms with E-state index in [0.717, 1.165) is 71.0 Å². The first-order valence-electron chi connectivity index (χ1n) is 10.0. The molecular weight excluding hydrogens is 355 g/mol. The van der Waals surface area contributed by atoms with Crippen molar-refractivity contribution < 1.29 is 31.4 Å². The smallest absolute Gasteiger partial charge is 0.353 e. The summed E-state index contributed by atoms with van der Waals surface area (Å²) in [6.07, 6.45) is 5.46. The predicted octanol–water partition coefficient (Wildman–Crippen LogP) is 7.02. The molecule has 0 N–H and O–H groups in total. The van der Waals surface area contributed by atoms with Crippen molar-refractivity contribution in [1.82, 2.24) is 0 Å². The minimum atomic E-state index is -5.41. The lowest BCUT2D eigenvalue weighted by atomic mass is 10.0. The maximum absolute atomic E-state index is 12.7. The molecule has 0 spiro atoms. The number of rotatable bonds is 15. The summed E-state index contributed by atoms with van der Waals surface area (Å²) in [6, 6.07) is 0. The fraction of sp³-hybridized carbons (Fsp3) is 1.00. The first-order chi connectivity index (χ1) is 12.3. The minimum absolute atomic E-state index is 0.00897. The van der Waals surface area contributed by atoms with Crippen LogP contribution >= 0.6 is 0 Å². The van der Waals surface area contributed by atoms with Gasteiger partial charge in [0.2, 0.25) is 0 Å². The normalized spacial score (nSPS) is 18.6. The van der Waals surface area contributed by atoms with E-state index in [2.05, 4.69) is 0 Å². The molecule has 0 saturated carbocycles. The number of halogens is 5. The van der Waals surface area contributed by atoms with Crippen LogP contribution in [0, 0.1) is 0 Å². The Bertz CT molecular complexity index is 341. The summed E-state index contributed by atoms with van der Waals surface area (Å²) in [5, 5.41) is 0. The second-order valence-corrected chi connectivity index (χ2v) is 7.15. The molecule has 1 aliphatic rings. The first-order valence-corrected chi connectivity index (χ1v) is 10.0. The van der Waals surface area contributed by atoms with Crippen LogP contribution in [-0.2, 0) is 9.47 Å².